The zero-order valence-corrected chi connectivity index (χ0v) is 13.6. The monoisotopic (exact) mass is 344 g/mol. The predicted molar refractivity (Wildman–Crippen MR) is 93.0 cm³/mol. The van der Waals surface area contributed by atoms with Gasteiger partial charge in [0.2, 0.25) is 0 Å². The molecule has 0 fully saturated rings. The van der Waals surface area contributed by atoms with Crippen LogP contribution < -0.4 is 5.43 Å². The van der Waals surface area contributed by atoms with Crippen molar-refractivity contribution in [3.05, 3.63) is 67.8 Å². The number of phenols is 1. The third kappa shape index (κ3) is 4.08. The number of phenolic OH excluding ortho intramolecular Hbond substituents is 1. The fourth-order valence-electron chi connectivity index (χ4n) is 2.19. The van der Waals surface area contributed by atoms with Crippen molar-refractivity contribution in [2.75, 3.05) is 5.43 Å². The Labute approximate surface area is 142 Å². The number of aromatic hydroxyl groups is 1. The molecule has 0 radical (unpaired) electrons. The lowest BCUT2D eigenvalue weighted by atomic mass is 10.1. The minimum Gasteiger partial charge on any atom is -0.508 e. The van der Waals surface area contributed by atoms with E-state index in [0.717, 1.165) is 11.6 Å². The summed E-state index contributed by atoms with van der Waals surface area (Å²) in [6.07, 6.45) is 0.540. The molecule has 25 heavy (non-hydrogen) atoms. The Bertz CT molecular complexity index is 864. The highest BCUT2D eigenvalue weighted by Gasteiger charge is 2.19. The Morgan fingerprint density at radius 3 is 2.44 bits per heavy atom. The average Bonchev–Trinajstić information content (AvgIpc) is 2.58. The fraction of sp³-hybridized carbons (Fsp3) is 0.188. The number of hydrogen-bond acceptors (Lipinski definition) is 7. The summed E-state index contributed by atoms with van der Waals surface area (Å²) in [7, 11) is 0. The molecule has 0 saturated carbocycles. The molecule has 130 valence electrons. The van der Waals surface area contributed by atoms with Crippen LogP contribution in [0, 0.1) is 27.2 Å². The van der Waals surface area contributed by atoms with E-state index in [1.807, 2.05) is 6.92 Å². The zero-order chi connectivity index (χ0) is 18.6. The lowest BCUT2D eigenvalue weighted by Crippen LogP contribution is -2.05. The van der Waals surface area contributed by atoms with Crippen molar-refractivity contribution in [2.45, 2.75) is 20.3 Å². The summed E-state index contributed by atoms with van der Waals surface area (Å²) in [6, 6.07) is 8.29. The number of nitrogens with zero attached hydrogens (tertiary/aromatic N) is 3. The highest BCUT2D eigenvalue weighted by atomic mass is 16.6. The SMILES string of the molecule is CC/C(=N/Nc1ccc([N+](=O)[O-])cc1[N+](=O)[O-])c1ccc(O)c(C)c1. The van der Waals surface area contributed by atoms with Crippen molar-refractivity contribution in [3.63, 3.8) is 0 Å². The predicted octanol–water partition coefficient (Wildman–Crippen LogP) is 3.74. The summed E-state index contributed by atoms with van der Waals surface area (Å²) in [5.74, 6) is 0.165. The highest BCUT2D eigenvalue weighted by molar-refractivity contribution is 6.01. The van der Waals surface area contributed by atoms with Crippen LogP contribution in [-0.2, 0) is 0 Å². The Balaban J connectivity index is 2.36. The van der Waals surface area contributed by atoms with Crippen LogP contribution in [0.3, 0.4) is 0 Å². The molecule has 0 saturated heterocycles. The zero-order valence-electron chi connectivity index (χ0n) is 13.6. The van der Waals surface area contributed by atoms with Gasteiger partial charge in [-0.05, 0) is 48.7 Å². The van der Waals surface area contributed by atoms with Gasteiger partial charge < -0.3 is 5.11 Å². The molecule has 2 aromatic carbocycles. The maximum absolute atomic E-state index is 11.1. The van der Waals surface area contributed by atoms with Gasteiger partial charge in [-0.15, -0.1) is 0 Å². The molecule has 0 heterocycles. The Morgan fingerprint density at radius 2 is 1.88 bits per heavy atom. The molecule has 0 unspecified atom stereocenters. The first kappa shape index (κ1) is 17.9. The van der Waals surface area contributed by atoms with Crippen molar-refractivity contribution in [3.8, 4) is 5.75 Å². The molecule has 0 bridgehead atoms. The van der Waals surface area contributed by atoms with E-state index in [0.29, 0.717) is 17.7 Å². The molecule has 2 aromatic rings. The van der Waals surface area contributed by atoms with Gasteiger partial charge in [-0.1, -0.05) is 6.92 Å². The van der Waals surface area contributed by atoms with Gasteiger partial charge in [-0.2, -0.15) is 5.10 Å². The molecular weight excluding hydrogens is 328 g/mol. The first-order valence-corrected chi connectivity index (χ1v) is 7.39. The lowest BCUT2D eigenvalue weighted by Gasteiger charge is -2.08. The second-order valence-corrected chi connectivity index (χ2v) is 5.24. The number of aryl methyl sites for hydroxylation is 1. The van der Waals surface area contributed by atoms with E-state index in [1.165, 1.54) is 12.1 Å². The fourth-order valence-corrected chi connectivity index (χ4v) is 2.19. The summed E-state index contributed by atoms with van der Waals surface area (Å²) in [6.45, 7) is 3.62. The lowest BCUT2D eigenvalue weighted by molar-refractivity contribution is -0.393. The average molecular weight is 344 g/mol. The van der Waals surface area contributed by atoms with Gasteiger partial charge in [0.1, 0.15) is 11.4 Å². The second-order valence-electron chi connectivity index (χ2n) is 5.24. The van der Waals surface area contributed by atoms with Gasteiger partial charge in [0.05, 0.1) is 21.6 Å². The molecule has 0 aliphatic rings. The van der Waals surface area contributed by atoms with E-state index in [-0.39, 0.29) is 17.1 Å². The molecule has 2 N–H and O–H groups in total. The summed E-state index contributed by atoms with van der Waals surface area (Å²) < 4.78 is 0. The smallest absolute Gasteiger partial charge is 0.301 e. The van der Waals surface area contributed by atoms with Crippen molar-refractivity contribution in [2.24, 2.45) is 5.10 Å². The van der Waals surface area contributed by atoms with E-state index in [2.05, 4.69) is 10.5 Å². The molecule has 0 amide bonds. The number of nitrogens with one attached hydrogen (secondary N) is 1. The number of rotatable bonds is 6. The van der Waals surface area contributed by atoms with E-state index >= 15 is 0 Å². The Hall–Kier alpha value is -3.49. The number of non-ortho nitro benzene ring substituents is 1. The number of benzene rings is 2. The maximum atomic E-state index is 11.1. The van der Waals surface area contributed by atoms with Crippen LogP contribution in [0.1, 0.15) is 24.5 Å². The molecular formula is C16H16N4O5. The minimum absolute atomic E-state index is 0.0528. The molecule has 0 spiro atoms. The standard InChI is InChI=1S/C16H16N4O5/c1-3-13(11-4-7-16(21)10(2)8-11)17-18-14-6-5-12(19(22)23)9-15(14)20(24)25/h4-9,18,21H,3H2,1-2H3/b17-13-. The normalized spacial score (nSPS) is 11.2. The third-order valence-electron chi connectivity index (χ3n) is 3.57. The number of hydrazone groups is 1. The largest absolute Gasteiger partial charge is 0.508 e. The van der Waals surface area contributed by atoms with Crippen LogP contribution in [-0.4, -0.2) is 20.7 Å². The summed E-state index contributed by atoms with van der Waals surface area (Å²) in [5.41, 5.74) is 3.91. The molecule has 0 aliphatic carbocycles. The first-order chi connectivity index (χ1) is 11.8. The van der Waals surface area contributed by atoms with E-state index < -0.39 is 15.5 Å². The van der Waals surface area contributed by atoms with Crippen molar-refractivity contribution >= 4 is 22.8 Å². The molecule has 9 heteroatoms. The van der Waals surface area contributed by atoms with Crippen LogP contribution >= 0.6 is 0 Å². The van der Waals surface area contributed by atoms with Gasteiger partial charge in [0.25, 0.3) is 5.69 Å². The number of hydrogen-bond donors (Lipinski definition) is 2. The quantitative estimate of drug-likeness (QED) is 0.466. The van der Waals surface area contributed by atoms with Crippen LogP contribution in [0.15, 0.2) is 41.5 Å². The van der Waals surface area contributed by atoms with Crippen molar-refractivity contribution < 1.29 is 15.0 Å². The van der Waals surface area contributed by atoms with Crippen molar-refractivity contribution in [1.82, 2.24) is 0 Å². The topological polar surface area (TPSA) is 131 Å². The van der Waals surface area contributed by atoms with Gasteiger partial charge in [-0.25, -0.2) is 0 Å². The van der Waals surface area contributed by atoms with Crippen LogP contribution in [0.4, 0.5) is 17.1 Å². The van der Waals surface area contributed by atoms with Gasteiger partial charge in [-0.3, -0.25) is 25.7 Å². The molecule has 0 aliphatic heterocycles. The van der Waals surface area contributed by atoms with Gasteiger partial charge in [0.15, 0.2) is 0 Å². The van der Waals surface area contributed by atoms with Crippen LogP contribution in [0.5, 0.6) is 5.75 Å². The molecule has 0 aromatic heterocycles. The van der Waals surface area contributed by atoms with E-state index in [1.54, 1.807) is 25.1 Å². The van der Waals surface area contributed by atoms with E-state index in [9.17, 15) is 25.3 Å². The minimum atomic E-state index is -0.707. The summed E-state index contributed by atoms with van der Waals surface area (Å²) >= 11 is 0. The Morgan fingerprint density at radius 1 is 1.16 bits per heavy atom. The van der Waals surface area contributed by atoms with Crippen molar-refractivity contribution in [1.29, 1.82) is 0 Å². The summed E-state index contributed by atoms with van der Waals surface area (Å²) in [4.78, 5) is 20.5. The number of nitro groups is 2. The van der Waals surface area contributed by atoms with Gasteiger partial charge >= 0.3 is 5.69 Å². The van der Waals surface area contributed by atoms with Crippen LogP contribution in [0.25, 0.3) is 0 Å². The van der Waals surface area contributed by atoms with E-state index in [4.69, 9.17) is 0 Å². The first-order valence-electron chi connectivity index (χ1n) is 7.39. The second kappa shape index (κ2) is 7.39. The molecule has 9 nitrogen and oxygen atoms in total. The van der Waals surface area contributed by atoms with Crippen LogP contribution in [0.2, 0.25) is 0 Å². The maximum Gasteiger partial charge on any atom is 0.301 e. The molecule has 0 atom stereocenters. The Kier molecular flexibility index (Phi) is 5.28. The number of anilines is 1. The van der Waals surface area contributed by atoms with Gasteiger partial charge in [0, 0.05) is 6.07 Å². The highest BCUT2D eigenvalue weighted by Crippen LogP contribution is 2.29. The number of nitro benzene ring substituents is 2. The molecule has 2 rings (SSSR count). The third-order valence-corrected chi connectivity index (χ3v) is 3.57. The summed E-state index contributed by atoms with van der Waals surface area (Å²) in [5, 5.41) is 35.7.